The molecule has 0 aliphatic rings. The fourth-order valence-electron chi connectivity index (χ4n) is 1.97. The SMILES string of the molecule is CN(CCc1cccs1)c1ccc(CCl)cc1[N+](=O)[O-]. The van der Waals surface area contributed by atoms with Gasteiger partial charge in [0.1, 0.15) is 5.69 Å². The van der Waals surface area contributed by atoms with Gasteiger partial charge in [-0.05, 0) is 29.5 Å². The molecule has 0 N–H and O–H groups in total. The van der Waals surface area contributed by atoms with Gasteiger partial charge in [-0.1, -0.05) is 12.1 Å². The number of alkyl halides is 1. The van der Waals surface area contributed by atoms with Crippen LogP contribution >= 0.6 is 22.9 Å². The first-order valence-corrected chi connectivity index (χ1v) is 7.60. The highest BCUT2D eigenvalue weighted by Crippen LogP contribution is 2.29. The third-order valence-corrected chi connectivity index (χ3v) is 4.32. The molecule has 2 rings (SSSR count). The first kappa shape index (κ1) is 14.8. The first-order chi connectivity index (χ1) is 9.61. The van der Waals surface area contributed by atoms with E-state index >= 15 is 0 Å². The zero-order chi connectivity index (χ0) is 14.5. The standard InChI is InChI=1S/C14H15ClN2O2S/c1-16(7-6-12-3-2-8-20-12)13-5-4-11(10-15)9-14(13)17(18)19/h2-5,8-9H,6-7,10H2,1H3. The molecule has 106 valence electrons. The summed E-state index contributed by atoms with van der Waals surface area (Å²) >= 11 is 7.43. The molecule has 0 saturated carbocycles. The van der Waals surface area contributed by atoms with Crippen molar-refractivity contribution in [1.29, 1.82) is 0 Å². The topological polar surface area (TPSA) is 46.4 Å². The lowest BCUT2D eigenvalue weighted by molar-refractivity contribution is -0.384. The van der Waals surface area contributed by atoms with Gasteiger partial charge in [0.15, 0.2) is 0 Å². The van der Waals surface area contributed by atoms with Crippen LogP contribution in [0.1, 0.15) is 10.4 Å². The summed E-state index contributed by atoms with van der Waals surface area (Å²) in [6, 6.07) is 9.23. The van der Waals surface area contributed by atoms with Crippen molar-refractivity contribution >= 4 is 34.3 Å². The van der Waals surface area contributed by atoms with Crippen LogP contribution in [0.4, 0.5) is 11.4 Å². The molecule has 0 atom stereocenters. The number of nitro benzene ring substituents is 1. The zero-order valence-corrected chi connectivity index (χ0v) is 12.7. The summed E-state index contributed by atoms with van der Waals surface area (Å²) in [7, 11) is 1.87. The van der Waals surface area contributed by atoms with Gasteiger partial charge in [-0.15, -0.1) is 22.9 Å². The highest BCUT2D eigenvalue weighted by atomic mass is 35.5. The number of benzene rings is 1. The molecule has 0 fully saturated rings. The number of hydrogen-bond donors (Lipinski definition) is 0. The van der Waals surface area contributed by atoms with Crippen LogP contribution in [-0.4, -0.2) is 18.5 Å². The van der Waals surface area contributed by atoms with Crippen LogP contribution < -0.4 is 4.90 Å². The van der Waals surface area contributed by atoms with Crippen molar-refractivity contribution in [2.75, 3.05) is 18.5 Å². The second kappa shape index (κ2) is 6.72. The summed E-state index contributed by atoms with van der Waals surface area (Å²) in [5.41, 5.74) is 1.49. The fraction of sp³-hybridized carbons (Fsp3) is 0.286. The second-order valence-corrected chi connectivity index (χ2v) is 5.76. The van der Waals surface area contributed by atoms with E-state index in [0.717, 1.165) is 18.5 Å². The van der Waals surface area contributed by atoms with Gasteiger partial charge >= 0.3 is 0 Å². The Labute approximate surface area is 126 Å². The molecule has 2 aromatic rings. The lowest BCUT2D eigenvalue weighted by Gasteiger charge is -2.19. The quantitative estimate of drug-likeness (QED) is 0.459. The van der Waals surface area contributed by atoms with E-state index in [2.05, 4.69) is 6.07 Å². The van der Waals surface area contributed by atoms with E-state index in [1.165, 1.54) is 4.88 Å². The lowest BCUT2D eigenvalue weighted by atomic mass is 10.1. The Hall–Kier alpha value is -1.59. The average Bonchev–Trinajstić information content (AvgIpc) is 2.97. The maximum absolute atomic E-state index is 11.2. The molecular formula is C14H15ClN2O2S. The molecule has 0 unspecified atom stereocenters. The van der Waals surface area contributed by atoms with Crippen LogP contribution in [0.25, 0.3) is 0 Å². The Kier molecular flexibility index (Phi) is 4.98. The number of likely N-dealkylation sites (N-methyl/N-ethyl adjacent to an activating group) is 1. The highest BCUT2D eigenvalue weighted by Gasteiger charge is 2.17. The minimum Gasteiger partial charge on any atom is -0.369 e. The molecule has 1 aromatic heterocycles. The Balaban J connectivity index is 2.15. The van der Waals surface area contributed by atoms with E-state index in [0.29, 0.717) is 5.69 Å². The molecule has 6 heteroatoms. The van der Waals surface area contributed by atoms with Crippen molar-refractivity contribution in [2.45, 2.75) is 12.3 Å². The van der Waals surface area contributed by atoms with Gasteiger partial charge in [0.2, 0.25) is 0 Å². The highest BCUT2D eigenvalue weighted by molar-refractivity contribution is 7.09. The summed E-state index contributed by atoms with van der Waals surface area (Å²) in [5.74, 6) is 0.278. The molecule has 0 saturated heterocycles. The Morgan fingerprint density at radius 2 is 2.20 bits per heavy atom. The fourth-order valence-corrected chi connectivity index (χ4v) is 2.84. The van der Waals surface area contributed by atoms with Gasteiger partial charge in [-0.2, -0.15) is 0 Å². The second-order valence-electron chi connectivity index (χ2n) is 4.46. The molecule has 0 radical (unpaired) electrons. The Morgan fingerprint density at radius 3 is 2.80 bits per heavy atom. The summed E-state index contributed by atoms with van der Waals surface area (Å²) in [4.78, 5) is 14.0. The summed E-state index contributed by atoms with van der Waals surface area (Å²) in [5, 5.41) is 13.2. The number of hydrogen-bond acceptors (Lipinski definition) is 4. The van der Waals surface area contributed by atoms with Crippen LogP contribution in [0.2, 0.25) is 0 Å². The summed E-state index contributed by atoms with van der Waals surface area (Å²) in [6.45, 7) is 0.738. The van der Waals surface area contributed by atoms with Crippen molar-refractivity contribution in [2.24, 2.45) is 0 Å². The number of anilines is 1. The van der Waals surface area contributed by atoms with E-state index in [9.17, 15) is 10.1 Å². The minimum absolute atomic E-state index is 0.108. The number of nitro groups is 1. The number of halogens is 1. The zero-order valence-electron chi connectivity index (χ0n) is 11.1. The molecule has 1 aromatic carbocycles. The van der Waals surface area contributed by atoms with Gasteiger partial charge in [-0.3, -0.25) is 10.1 Å². The van der Waals surface area contributed by atoms with Crippen molar-refractivity contribution in [1.82, 2.24) is 0 Å². The van der Waals surface area contributed by atoms with E-state index in [4.69, 9.17) is 11.6 Å². The normalized spacial score (nSPS) is 10.5. The molecule has 0 aliphatic carbocycles. The summed E-state index contributed by atoms with van der Waals surface area (Å²) < 4.78 is 0. The van der Waals surface area contributed by atoms with E-state index in [1.807, 2.05) is 29.5 Å². The molecule has 1 heterocycles. The molecule has 0 amide bonds. The number of thiophene rings is 1. The van der Waals surface area contributed by atoms with Crippen LogP contribution in [0.3, 0.4) is 0 Å². The molecule has 4 nitrogen and oxygen atoms in total. The largest absolute Gasteiger partial charge is 0.369 e. The van der Waals surface area contributed by atoms with Crippen LogP contribution in [0.5, 0.6) is 0 Å². The van der Waals surface area contributed by atoms with Crippen LogP contribution in [-0.2, 0) is 12.3 Å². The average molecular weight is 311 g/mol. The van der Waals surface area contributed by atoms with E-state index in [1.54, 1.807) is 23.5 Å². The van der Waals surface area contributed by atoms with Crippen molar-refractivity contribution < 1.29 is 4.92 Å². The van der Waals surface area contributed by atoms with Crippen molar-refractivity contribution in [3.8, 4) is 0 Å². The minimum atomic E-state index is -0.354. The molecule has 0 bridgehead atoms. The Morgan fingerprint density at radius 1 is 1.40 bits per heavy atom. The van der Waals surface area contributed by atoms with Crippen molar-refractivity contribution in [3.05, 3.63) is 56.3 Å². The van der Waals surface area contributed by atoms with Crippen LogP contribution in [0, 0.1) is 10.1 Å². The summed E-state index contributed by atoms with van der Waals surface area (Å²) in [6.07, 6.45) is 0.878. The third kappa shape index (κ3) is 3.49. The Bertz CT molecular complexity index is 587. The van der Waals surface area contributed by atoms with Crippen molar-refractivity contribution in [3.63, 3.8) is 0 Å². The van der Waals surface area contributed by atoms with E-state index in [-0.39, 0.29) is 16.5 Å². The predicted molar refractivity (Wildman–Crippen MR) is 83.9 cm³/mol. The number of rotatable bonds is 6. The van der Waals surface area contributed by atoms with Gasteiger partial charge in [0.05, 0.1) is 4.92 Å². The van der Waals surface area contributed by atoms with E-state index < -0.39 is 0 Å². The van der Waals surface area contributed by atoms with Gasteiger partial charge in [0, 0.05) is 30.4 Å². The smallest absolute Gasteiger partial charge is 0.292 e. The molecule has 20 heavy (non-hydrogen) atoms. The third-order valence-electron chi connectivity index (χ3n) is 3.08. The number of nitrogens with zero attached hydrogens (tertiary/aromatic N) is 2. The molecule has 0 aliphatic heterocycles. The van der Waals surface area contributed by atoms with Gasteiger partial charge < -0.3 is 4.90 Å². The van der Waals surface area contributed by atoms with Crippen LogP contribution in [0.15, 0.2) is 35.7 Å². The maximum Gasteiger partial charge on any atom is 0.292 e. The lowest BCUT2D eigenvalue weighted by Crippen LogP contribution is -2.21. The maximum atomic E-state index is 11.2. The van der Waals surface area contributed by atoms with Gasteiger partial charge in [0.25, 0.3) is 5.69 Å². The first-order valence-electron chi connectivity index (χ1n) is 6.18. The monoisotopic (exact) mass is 310 g/mol. The van der Waals surface area contributed by atoms with Gasteiger partial charge in [-0.25, -0.2) is 0 Å². The molecule has 0 spiro atoms. The predicted octanol–water partition coefficient (Wildman–Crippen LogP) is 4.07. The molecular weight excluding hydrogens is 296 g/mol.